The number of aromatic carboxylic acids is 1. The summed E-state index contributed by atoms with van der Waals surface area (Å²) in [6.45, 7) is 2.89. The van der Waals surface area contributed by atoms with Crippen molar-refractivity contribution in [1.29, 1.82) is 0 Å². The standard InChI is InChI=1S/C13H19NO3/c1-2-14(10-6-4-3-5-7-10)11-8-9-17-12(11)13(15)16/h8-10H,2-7H2,1H3,(H,15,16). The molecule has 0 aliphatic heterocycles. The van der Waals surface area contributed by atoms with Gasteiger partial charge in [0.25, 0.3) is 0 Å². The summed E-state index contributed by atoms with van der Waals surface area (Å²) >= 11 is 0. The molecule has 1 heterocycles. The molecule has 1 saturated carbocycles. The van der Waals surface area contributed by atoms with Crippen LogP contribution in [0.1, 0.15) is 49.6 Å². The van der Waals surface area contributed by atoms with Crippen molar-refractivity contribution in [3.05, 3.63) is 18.1 Å². The molecule has 1 aliphatic rings. The Morgan fingerprint density at radius 3 is 2.76 bits per heavy atom. The lowest BCUT2D eigenvalue weighted by atomic mass is 9.94. The maximum atomic E-state index is 11.1. The first-order valence-electron chi connectivity index (χ1n) is 6.31. The number of rotatable bonds is 4. The van der Waals surface area contributed by atoms with E-state index in [9.17, 15) is 4.79 Å². The van der Waals surface area contributed by atoms with E-state index in [1.807, 2.05) is 0 Å². The predicted octanol–water partition coefficient (Wildman–Crippen LogP) is 3.14. The van der Waals surface area contributed by atoms with Gasteiger partial charge in [0.15, 0.2) is 0 Å². The molecule has 1 N–H and O–H groups in total. The second kappa shape index (κ2) is 5.25. The van der Waals surface area contributed by atoms with Crippen LogP contribution in [0.4, 0.5) is 5.69 Å². The highest BCUT2D eigenvalue weighted by Crippen LogP contribution is 2.30. The van der Waals surface area contributed by atoms with Gasteiger partial charge in [0.1, 0.15) is 0 Å². The average molecular weight is 237 g/mol. The third-order valence-corrected chi connectivity index (χ3v) is 3.50. The highest BCUT2D eigenvalue weighted by molar-refractivity contribution is 5.91. The fraction of sp³-hybridized carbons (Fsp3) is 0.615. The van der Waals surface area contributed by atoms with Gasteiger partial charge in [-0.05, 0) is 19.8 Å². The first-order valence-corrected chi connectivity index (χ1v) is 6.31. The first kappa shape index (κ1) is 12.0. The number of hydrogen-bond donors (Lipinski definition) is 1. The number of hydrogen-bond acceptors (Lipinski definition) is 3. The van der Waals surface area contributed by atoms with Crippen molar-refractivity contribution in [1.82, 2.24) is 0 Å². The smallest absolute Gasteiger partial charge is 0.374 e. The van der Waals surface area contributed by atoms with E-state index in [0.717, 1.165) is 25.1 Å². The maximum Gasteiger partial charge on any atom is 0.374 e. The summed E-state index contributed by atoms with van der Waals surface area (Å²) in [5, 5.41) is 9.08. The van der Waals surface area contributed by atoms with Gasteiger partial charge in [-0.2, -0.15) is 0 Å². The molecule has 0 atom stereocenters. The van der Waals surface area contributed by atoms with Crippen LogP contribution in [-0.2, 0) is 0 Å². The minimum absolute atomic E-state index is 0.0671. The lowest BCUT2D eigenvalue weighted by Crippen LogP contribution is -2.37. The molecule has 2 rings (SSSR count). The largest absolute Gasteiger partial charge is 0.475 e. The molecule has 0 bridgehead atoms. The highest BCUT2D eigenvalue weighted by atomic mass is 16.4. The van der Waals surface area contributed by atoms with Crippen molar-refractivity contribution in [2.24, 2.45) is 0 Å². The Bertz CT molecular complexity index is 380. The summed E-state index contributed by atoms with van der Waals surface area (Å²) in [4.78, 5) is 13.2. The zero-order valence-electron chi connectivity index (χ0n) is 10.2. The molecule has 1 aromatic heterocycles. The van der Waals surface area contributed by atoms with E-state index in [2.05, 4.69) is 11.8 Å². The first-order chi connectivity index (χ1) is 8.24. The van der Waals surface area contributed by atoms with Gasteiger partial charge in [-0.1, -0.05) is 19.3 Å². The molecule has 0 saturated heterocycles. The van der Waals surface area contributed by atoms with Crippen LogP contribution in [0.5, 0.6) is 0 Å². The minimum atomic E-state index is -0.987. The van der Waals surface area contributed by atoms with Crippen molar-refractivity contribution in [2.45, 2.75) is 45.1 Å². The quantitative estimate of drug-likeness (QED) is 0.874. The number of anilines is 1. The van der Waals surface area contributed by atoms with E-state index in [-0.39, 0.29) is 5.76 Å². The lowest BCUT2D eigenvalue weighted by Gasteiger charge is -2.34. The Morgan fingerprint density at radius 1 is 1.47 bits per heavy atom. The Hall–Kier alpha value is -1.45. The van der Waals surface area contributed by atoms with Gasteiger partial charge in [-0.25, -0.2) is 4.79 Å². The molecule has 4 nitrogen and oxygen atoms in total. The number of furan rings is 1. The number of nitrogens with zero attached hydrogens (tertiary/aromatic N) is 1. The highest BCUT2D eigenvalue weighted by Gasteiger charge is 2.25. The molecule has 1 aromatic rings. The fourth-order valence-corrected chi connectivity index (χ4v) is 2.71. The second-order valence-corrected chi connectivity index (χ2v) is 4.52. The van der Waals surface area contributed by atoms with Gasteiger partial charge in [-0.3, -0.25) is 0 Å². The SMILES string of the molecule is CCN(c1ccoc1C(=O)O)C1CCCCC1. The Kier molecular flexibility index (Phi) is 3.71. The van der Waals surface area contributed by atoms with Crippen LogP contribution in [0, 0.1) is 0 Å². The zero-order valence-corrected chi connectivity index (χ0v) is 10.2. The van der Waals surface area contributed by atoms with Crippen LogP contribution in [0.2, 0.25) is 0 Å². The molecular formula is C13H19NO3. The van der Waals surface area contributed by atoms with E-state index >= 15 is 0 Å². The Balaban J connectivity index is 2.21. The molecule has 0 amide bonds. The monoisotopic (exact) mass is 237 g/mol. The van der Waals surface area contributed by atoms with Crippen LogP contribution in [-0.4, -0.2) is 23.7 Å². The predicted molar refractivity (Wildman–Crippen MR) is 65.6 cm³/mol. The van der Waals surface area contributed by atoms with E-state index < -0.39 is 5.97 Å². The van der Waals surface area contributed by atoms with Crippen molar-refractivity contribution in [2.75, 3.05) is 11.4 Å². The normalized spacial score (nSPS) is 17.0. The summed E-state index contributed by atoms with van der Waals surface area (Å²) in [6.07, 6.45) is 7.54. The van der Waals surface area contributed by atoms with Gasteiger partial charge in [0, 0.05) is 18.7 Å². The topological polar surface area (TPSA) is 53.7 Å². The summed E-state index contributed by atoms with van der Waals surface area (Å²) in [7, 11) is 0. The molecule has 0 radical (unpaired) electrons. The van der Waals surface area contributed by atoms with Crippen molar-refractivity contribution >= 4 is 11.7 Å². The minimum Gasteiger partial charge on any atom is -0.475 e. The van der Waals surface area contributed by atoms with Crippen molar-refractivity contribution in [3.8, 4) is 0 Å². The van der Waals surface area contributed by atoms with Gasteiger partial charge >= 0.3 is 5.97 Å². The van der Waals surface area contributed by atoms with Crippen LogP contribution < -0.4 is 4.90 Å². The van der Waals surface area contributed by atoms with Crippen LogP contribution in [0.25, 0.3) is 0 Å². The molecular weight excluding hydrogens is 218 g/mol. The number of carboxylic acid groups (broad SMARTS) is 1. The Morgan fingerprint density at radius 2 is 2.18 bits per heavy atom. The van der Waals surface area contributed by atoms with Gasteiger partial charge in [0.2, 0.25) is 5.76 Å². The van der Waals surface area contributed by atoms with E-state index in [0.29, 0.717) is 6.04 Å². The third kappa shape index (κ3) is 2.46. The third-order valence-electron chi connectivity index (χ3n) is 3.50. The number of carboxylic acids is 1. The van der Waals surface area contributed by atoms with Crippen molar-refractivity contribution < 1.29 is 14.3 Å². The summed E-state index contributed by atoms with van der Waals surface area (Å²) in [6, 6.07) is 2.23. The van der Waals surface area contributed by atoms with Crippen LogP contribution in [0.3, 0.4) is 0 Å². The zero-order chi connectivity index (χ0) is 12.3. The summed E-state index contributed by atoms with van der Waals surface area (Å²) in [5.74, 6) is -0.920. The van der Waals surface area contributed by atoms with Gasteiger partial charge in [0.05, 0.1) is 12.0 Å². The molecule has 1 fully saturated rings. The van der Waals surface area contributed by atoms with Crippen molar-refractivity contribution in [3.63, 3.8) is 0 Å². The Labute approximate surface area is 101 Å². The molecule has 17 heavy (non-hydrogen) atoms. The van der Waals surface area contributed by atoms with E-state index in [1.165, 1.54) is 25.5 Å². The molecule has 94 valence electrons. The molecule has 0 aromatic carbocycles. The fourth-order valence-electron chi connectivity index (χ4n) is 2.71. The second-order valence-electron chi connectivity index (χ2n) is 4.52. The van der Waals surface area contributed by atoms with Gasteiger partial charge in [-0.15, -0.1) is 0 Å². The average Bonchev–Trinajstić information content (AvgIpc) is 2.81. The maximum absolute atomic E-state index is 11.1. The number of carbonyl (C=O) groups is 1. The van der Waals surface area contributed by atoms with Crippen LogP contribution >= 0.6 is 0 Å². The lowest BCUT2D eigenvalue weighted by molar-refractivity contribution is 0.0663. The van der Waals surface area contributed by atoms with E-state index in [4.69, 9.17) is 9.52 Å². The molecule has 0 spiro atoms. The molecule has 4 heteroatoms. The molecule has 0 unspecified atom stereocenters. The summed E-state index contributed by atoms with van der Waals surface area (Å²) in [5.41, 5.74) is 0.729. The summed E-state index contributed by atoms with van der Waals surface area (Å²) < 4.78 is 5.06. The van der Waals surface area contributed by atoms with Gasteiger partial charge < -0.3 is 14.4 Å². The van der Waals surface area contributed by atoms with Crippen LogP contribution in [0.15, 0.2) is 16.7 Å². The molecule has 1 aliphatic carbocycles. The van der Waals surface area contributed by atoms with E-state index in [1.54, 1.807) is 6.07 Å².